The number of aliphatic hydroxyl groups is 1. The number of furan rings is 1. The minimum absolute atomic E-state index is 0.0282. The molecule has 1 atom stereocenters. The molecular formula is C24H23N3O5S. The number of rotatable bonds is 5. The zero-order valence-corrected chi connectivity index (χ0v) is 19.1. The molecule has 0 bridgehead atoms. The Morgan fingerprint density at radius 1 is 1.33 bits per heavy atom. The molecule has 1 aliphatic rings. The normalized spacial score (nSPS) is 16.0. The summed E-state index contributed by atoms with van der Waals surface area (Å²) in [5.41, 5.74) is 1.74. The molecule has 9 heteroatoms. The van der Waals surface area contributed by atoms with Gasteiger partial charge in [-0.2, -0.15) is 0 Å². The SMILES string of the molecule is CNC(=O)c1c(C)oc2cc(Oc3ccnc4cc(C(=O)N5CCC[C@H]5CO)sc34)ccc12. The number of aliphatic hydroxyl groups excluding tert-OH is 1. The van der Waals surface area contributed by atoms with Gasteiger partial charge in [-0.3, -0.25) is 14.6 Å². The summed E-state index contributed by atoms with van der Waals surface area (Å²) >= 11 is 1.33. The standard InChI is InChI=1S/C24H23N3O5S/c1-13-21(23(29)25-2)16-6-5-15(10-19(16)31-13)32-18-7-8-26-17-11-20(33-22(17)18)24(30)27-9-3-4-14(27)12-28/h5-8,10-11,14,28H,3-4,9,12H2,1-2H3,(H,25,29)/t14-/m0/s1. The lowest BCUT2D eigenvalue weighted by Crippen LogP contribution is -2.37. The predicted molar refractivity (Wildman–Crippen MR) is 125 cm³/mol. The highest BCUT2D eigenvalue weighted by molar-refractivity contribution is 7.21. The van der Waals surface area contributed by atoms with Crippen LogP contribution >= 0.6 is 11.3 Å². The summed E-state index contributed by atoms with van der Waals surface area (Å²) in [6.07, 6.45) is 3.35. The maximum absolute atomic E-state index is 13.0. The number of aryl methyl sites for hydroxylation is 1. The monoisotopic (exact) mass is 465 g/mol. The van der Waals surface area contributed by atoms with Crippen molar-refractivity contribution in [3.63, 3.8) is 0 Å². The Hall–Kier alpha value is -3.43. The van der Waals surface area contributed by atoms with E-state index in [1.54, 1.807) is 55.4 Å². The van der Waals surface area contributed by atoms with Crippen molar-refractivity contribution in [2.24, 2.45) is 0 Å². The van der Waals surface area contributed by atoms with Gasteiger partial charge in [-0.25, -0.2) is 0 Å². The van der Waals surface area contributed by atoms with E-state index in [4.69, 9.17) is 9.15 Å². The van der Waals surface area contributed by atoms with Crippen LogP contribution in [0, 0.1) is 6.92 Å². The maximum atomic E-state index is 13.0. The van der Waals surface area contributed by atoms with E-state index >= 15 is 0 Å². The molecule has 0 spiro atoms. The van der Waals surface area contributed by atoms with Gasteiger partial charge in [0.05, 0.1) is 33.3 Å². The number of thiophene rings is 1. The van der Waals surface area contributed by atoms with Gasteiger partial charge < -0.3 is 24.5 Å². The molecule has 170 valence electrons. The molecule has 5 rings (SSSR count). The number of amides is 2. The van der Waals surface area contributed by atoms with Crippen LogP contribution < -0.4 is 10.1 Å². The summed E-state index contributed by atoms with van der Waals surface area (Å²) in [5.74, 6) is 1.38. The molecule has 8 nitrogen and oxygen atoms in total. The smallest absolute Gasteiger partial charge is 0.264 e. The fourth-order valence-corrected chi connectivity index (χ4v) is 5.35. The second-order valence-corrected chi connectivity index (χ2v) is 9.04. The number of likely N-dealkylation sites (tertiary alicyclic amines) is 1. The minimum atomic E-state index is -0.201. The Morgan fingerprint density at radius 3 is 2.97 bits per heavy atom. The number of carbonyl (C=O) groups excluding carboxylic acids is 2. The highest BCUT2D eigenvalue weighted by atomic mass is 32.1. The zero-order valence-electron chi connectivity index (χ0n) is 18.3. The van der Waals surface area contributed by atoms with Gasteiger partial charge in [0.2, 0.25) is 0 Å². The van der Waals surface area contributed by atoms with Crippen LogP contribution in [0.5, 0.6) is 11.5 Å². The third-order valence-corrected chi connectivity index (χ3v) is 7.08. The van der Waals surface area contributed by atoms with Crippen LogP contribution in [0.25, 0.3) is 21.2 Å². The van der Waals surface area contributed by atoms with Gasteiger partial charge in [-0.05, 0) is 38.0 Å². The van der Waals surface area contributed by atoms with E-state index in [2.05, 4.69) is 10.3 Å². The molecule has 0 unspecified atom stereocenters. The third-order valence-electron chi connectivity index (χ3n) is 5.95. The highest BCUT2D eigenvalue weighted by Crippen LogP contribution is 2.37. The van der Waals surface area contributed by atoms with Crippen LogP contribution in [0.1, 0.15) is 38.6 Å². The van der Waals surface area contributed by atoms with Gasteiger partial charge in [0.25, 0.3) is 11.8 Å². The van der Waals surface area contributed by atoms with Crippen LogP contribution in [0.4, 0.5) is 0 Å². The van der Waals surface area contributed by atoms with Crippen molar-refractivity contribution < 1.29 is 23.8 Å². The topological polar surface area (TPSA) is 105 Å². The molecule has 2 N–H and O–H groups in total. The lowest BCUT2D eigenvalue weighted by Gasteiger charge is -2.22. The molecule has 4 aromatic rings. The largest absolute Gasteiger partial charge is 0.460 e. The van der Waals surface area contributed by atoms with E-state index in [0.29, 0.717) is 50.7 Å². The molecule has 3 aromatic heterocycles. The number of nitrogens with one attached hydrogen (secondary N) is 1. The lowest BCUT2D eigenvalue weighted by molar-refractivity contribution is 0.0682. The summed E-state index contributed by atoms with van der Waals surface area (Å²) in [5, 5.41) is 12.9. The molecule has 1 aromatic carbocycles. The van der Waals surface area contributed by atoms with Crippen LogP contribution in [0.3, 0.4) is 0 Å². The number of benzene rings is 1. The Kier molecular flexibility index (Phi) is 5.51. The second kappa shape index (κ2) is 8.49. The molecule has 0 saturated carbocycles. The van der Waals surface area contributed by atoms with Crippen molar-refractivity contribution in [3.05, 3.63) is 52.7 Å². The van der Waals surface area contributed by atoms with E-state index in [-0.39, 0.29) is 24.5 Å². The first-order valence-corrected chi connectivity index (χ1v) is 11.5. The quantitative estimate of drug-likeness (QED) is 0.460. The number of carbonyl (C=O) groups is 2. The molecule has 0 radical (unpaired) electrons. The van der Waals surface area contributed by atoms with Gasteiger partial charge >= 0.3 is 0 Å². The van der Waals surface area contributed by atoms with Crippen molar-refractivity contribution in [2.45, 2.75) is 25.8 Å². The summed E-state index contributed by atoms with van der Waals surface area (Å²) in [4.78, 5) is 31.9. The minimum Gasteiger partial charge on any atom is -0.460 e. The summed E-state index contributed by atoms with van der Waals surface area (Å²) < 4.78 is 12.7. The van der Waals surface area contributed by atoms with Crippen LogP contribution in [0.2, 0.25) is 0 Å². The molecule has 4 heterocycles. The van der Waals surface area contributed by atoms with Gasteiger partial charge in [-0.1, -0.05) is 0 Å². The zero-order chi connectivity index (χ0) is 23.1. The van der Waals surface area contributed by atoms with Crippen LogP contribution in [0.15, 0.2) is 40.9 Å². The Balaban J connectivity index is 1.46. The first kappa shape index (κ1) is 21.4. The van der Waals surface area contributed by atoms with Crippen LogP contribution in [-0.2, 0) is 0 Å². The average Bonchev–Trinajstić information content (AvgIpc) is 3.54. The van der Waals surface area contributed by atoms with E-state index in [9.17, 15) is 14.7 Å². The van der Waals surface area contributed by atoms with E-state index in [1.807, 2.05) is 0 Å². The van der Waals surface area contributed by atoms with Crippen molar-refractivity contribution in [2.75, 3.05) is 20.2 Å². The number of pyridine rings is 1. The summed E-state index contributed by atoms with van der Waals surface area (Å²) in [6, 6.07) is 8.73. The van der Waals surface area contributed by atoms with Gasteiger partial charge in [0, 0.05) is 37.3 Å². The number of aromatic nitrogens is 1. The first-order valence-electron chi connectivity index (χ1n) is 10.7. The van der Waals surface area contributed by atoms with E-state index < -0.39 is 0 Å². The summed E-state index contributed by atoms with van der Waals surface area (Å²) in [7, 11) is 1.58. The predicted octanol–water partition coefficient (Wildman–Crippen LogP) is 4.10. The van der Waals surface area contributed by atoms with E-state index in [1.165, 1.54) is 11.3 Å². The van der Waals surface area contributed by atoms with E-state index in [0.717, 1.165) is 17.5 Å². The van der Waals surface area contributed by atoms with Crippen molar-refractivity contribution >= 4 is 44.3 Å². The number of hydrogen-bond acceptors (Lipinski definition) is 7. The molecule has 0 aliphatic carbocycles. The van der Waals surface area contributed by atoms with Crippen molar-refractivity contribution in [3.8, 4) is 11.5 Å². The second-order valence-electron chi connectivity index (χ2n) is 7.98. The van der Waals surface area contributed by atoms with Crippen LogP contribution in [-0.4, -0.2) is 53.0 Å². The van der Waals surface area contributed by atoms with Crippen molar-refractivity contribution in [1.82, 2.24) is 15.2 Å². The summed E-state index contributed by atoms with van der Waals surface area (Å²) in [6.45, 7) is 2.37. The Bertz CT molecular complexity index is 1380. The molecule has 33 heavy (non-hydrogen) atoms. The average molecular weight is 466 g/mol. The third kappa shape index (κ3) is 3.73. The highest BCUT2D eigenvalue weighted by Gasteiger charge is 2.30. The molecule has 1 saturated heterocycles. The van der Waals surface area contributed by atoms with Gasteiger partial charge in [0.1, 0.15) is 22.8 Å². The number of ether oxygens (including phenoxy) is 1. The number of nitrogens with zero attached hydrogens (tertiary/aromatic N) is 2. The molecular weight excluding hydrogens is 442 g/mol. The lowest BCUT2D eigenvalue weighted by atomic mass is 10.1. The maximum Gasteiger partial charge on any atom is 0.264 e. The fraction of sp³-hybridized carbons (Fsp3) is 0.292. The fourth-order valence-electron chi connectivity index (χ4n) is 4.33. The van der Waals surface area contributed by atoms with Gasteiger partial charge in [-0.15, -0.1) is 11.3 Å². The Morgan fingerprint density at radius 2 is 2.18 bits per heavy atom. The number of hydrogen-bond donors (Lipinski definition) is 2. The first-order chi connectivity index (χ1) is 16.0. The Labute approximate surface area is 193 Å². The molecule has 1 fully saturated rings. The molecule has 1 aliphatic heterocycles. The number of fused-ring (bicyclic) bond motifs is 2. The van der Waals surface area contributed by atoms with Gasteiger partial charge in [0.15, 0.2) is 0 Å². The van der Waals surface area contributed by atoms with Crippen molar-refractivity contribution in [1.29, 1.82) is 0 Å². The molecule has 2 amide bonds.